The standard InChI is InChI=1S/C11H9F2N3O3/c12-11(13)19-6-3-1-5(2-4-6)9-15-8(14)7(17)10(18)16-9/h1-4,11,17H,(H3,14,15,16,18). The second kappa shape index (κ2) is 4.92. The van der Waals surface area contributed by atoms with E-state index in [1.807, 2.05) is 0 Å². The van der Waals surface area contributed by atoms with Gasteiger partial charge in [0.2, 0.25) is 5.75 Å². The Morgan fingerprint density at radius 1 is 1.32 bits per heavy atom. The smallest absolute Gasteiger partial charge is 0.387 e. The van der Waals surface area contributed by atoms with E-state index in [9.17, 15) is 18.7 Å². The molecule has 1 aromatic carbocycles. The number of rotatable bonds is 3. The maximum Gasteiger partial charge on any atom is 0.387 e. The van der Waals surface area contributed by atoms with Crippen LogP contribution in [0.2, 0.25) is 0 Å². The van der Waals surface area contributed by atoms with Gasteiger partial charge in [-0.3, -0.25) is 4.79 Å². The highest BCUT2D eigenvalue weighted by Crippen LogP contribution is 2.21. The van der Waals surface area contributed by atoms with Crippen molar-refractivity contribution in [3.05, 3.63) is 34.6 Å². The first-order chi connectivity index (χ1) is 8.97. The van der Waals surface area contributed by atoms with Crippen LogP contribution in [0.25, 0.3) is 11.4 Å². The van der Waals surface area contributed by atoms with Crippen molar-refractivity contribution in [2.24, 2.45) is 0 Å². The van der Waals surface area contributed by atoms with Crippen LogP contribution in [0, 0.1) is 0 Å². The predicted octanol–water partition coefficient (Wildman–Crippen LogP) is 1.33. The van der Waals surface area contributed by atoms with Crippen molar-refractivity contribution in [2.45, 2.75) is 6.61 Å². The van der Waals surface area contributed by atoms with Gasteiger partial charge >= 0.3 is 6.61 Å². The summed E-state index contributed by atoms with van der Waals surface area (Å²) in [6, 6.07) is 5.44. The second-order valence-electron chi connectivity index (χ2n) is 3.55. The third-order valence-electron chi connectivity index (χ3n) is 2.27. The molecular formula is C11H9F2N3O3. The number of alkyl halides is 2. The van der Waals surface area contributed by atoms with Crippen LogP contribution in [0.15, 0.2) is 29.1 Å². The molecule has 0 saturated carbocycles. The van der Waals surface area contributed by atoms with E-state index < -0.39 is 17.9 Å². The van der Waals surface area contributed by atoms with Crippen LogP contribution >= 0.6 is 0 Å². The van der Waals surface area contributed by atoms with Gasteiger partial charge in [0.15, 0.2) is 5.82 Å². The molecule has 0 aliphatic heterocycles. The third-order valence-corrected chi connectivity index (χ3v) is 2.27. The van der Waals surface area contributed by atoms with Crippen LogP contribution in [0.3, 0.4) is 0 Å². The van der Waals surface area contributed by atoms with Gasteiger partial charge in [0.25, 0.3) is 5.56 Å². The van der Waals surface area contributed by atoms with E-state index in [0.717, 1.165) is 0 Å². The Kier molecular flexibility index (Phi) is 3.32. The molecule has 0 spiro atoms. The molecule has 1 heterocycles. The summed E-state index contributed by atoms with van der Waals surface area (Å²) in [5.41, 5.74) is 5.00. The van der Waals surface area contributed by atoms with Crippen LogP contribution in [0.4, 0.5) is 14.6 Å². The molecular weight excluding hydrogens is 260 g/mol. The van der Waals surface area contributed by atoms with Crippen molar-refractivity contribution < 1.29 is 18.6 Å². The molecule has 2 aromatic rings. The minimum Gasteiger partial charge on any atom is -0.500 e. The number of nitrogen functional groups attached to an aromatic ring is 1. The number of anilines is 1. The van der Waals surface area contributed by atoms with Gasteiger partial charge in [-0.15, -0.1) is 0 Å². The highest BCUT2D eigenvalue weighted by Gasteiger charge is 2.09. The zero-order valence-electron chi connectivity index (χ0n) is 9.43. The average molecular weight is 269 g/mol. The molecule has 0 saturated heterocycles. The number of nitrogens with zero attached hydrogens (tertiary/aromatic N) is 1. The van der Waals surface area contributed by atoms with Crippen LogP contribution in [-0.4, -0.2) is 21.7 Å². The lowest BCUT2D eigenvalue weighted by atomic mass is 10.2. The molecule has 2 rings (SSSR count). The summed E-state index contributed by atoms with van der Waals surface area (Å²) in [5, 5.41) is 9.19. The molecule has 0 unspecified atom stereocenters. The van der Waals surface area contributed by atoms with Gasteiger partial charge in [-0.25, -0.2) is 4.98 Å². The number of nitrogens with one attached hydrogen (secondary N) is 1. The number of aromatic hydroxyl groups is 1. The Morgan fingerprint density at radius 3 is 2.47 bits per heavy atom. The van der Waals surface area contributed by atoms with E-state index >= 15 is 0 Å². The van der Waals surface area contributed by atoms with Crippen molar-refractivity contribution in [3.8, 4) is 22.9 Å². The number of ether oxygens (including phenoxy) is 1. The van der Waals surface area contributed by atoms with Crippen molar-refractivity contribution in [3.63, 3.8) is 0 Å². The lowest BCUT2D eigenvalue weighted by Gasteiger charge is -2.06. The predicted molar refractivity (Wildman–Crippen MR) is 63.0 cm³/mol. The Balaban J connectivity index is 2.35. The van der Waals surface area contributed by atoms with Crippen molar-refractivity contribution in [1.29, 1.82) is 0 Å². The Labute approximate surface area is 105 Å². The summed E-state index contributed by atoms with van der Waals surface area (Å²) < 4.78 is 28.1. The highest BCUT2D eigenvalue weighted by molar-refractivity contribution is 5.59. The molecule has 6 nitrogen and oxygen atoms in total. The molecule has 1 aromatic heterocycles. The molecule has 0 aliphatic rings. The van der Waals surface area contributed by atoms with Gasteiger partial charge in [0, 0.05) is 5.56 Å². The average Bonchev–Trinajstić information content (AvgIpc) is 2.35. The number of aromatic nitrogens is 2. The van der Waals surface area contributed by atoms with Crippen molar-refractivity contribution >= 4 is 5.82 Å². The molecule has 8 heteroatoms. The highest BCUT2D eigenvalue weighted by atomic mass is 19.3. The minimum absolute atomic E-state index is 0.0205. The van der Waals surface area contributed by atoms with Crippen LogP contribution in [0.1, 0.15) is 0 Å². The fourth-order valence-corrected chi connectivity index (χ4v) is 1.42. The normalized spacial score (nSPS) is 10.7. The van der Waals surface area contributed by atoms with Crippen LogP contribution < -0.4 is 16.0 Å². The number of H-pyrrole nitrogens is 1. The van der Waals surface area contributed by atoms with Crippen LogP contribution in [-0.2, 0) is 0 Å². The fraction of sp³-hybridized carbons (Fsp3) is 0.0909. The van der Waals surface area contributed by atoms with Gasteiger partial charge < -0.3 is 20.6 Å². The van der Waals surface area contributed by atoms with E-state index in [4.69, 9.17) is 5.73 Å². The minimum atomic E-state index is -2.91. The van der Waals surface area contributed by atoms with Gasteiger partial charge in [-0.05, 0) is 24.3 Å². The van der Waals surface area contributed by atoms with Gasteiger partial charge in [0.1, 0.15) is 11.6 Å². The maximum absolute atomic E-state index is 12.0. The first kappa shape index (κ1) is 12.8. The molecule has 4 N–H and O–H groups in total. The van der Waals surface area contributed by atoms with E-state index in [0.29, 0.717) is 5.56 Å². The summed E-state index contributed by atoms with van der Waals surface area (Å²) in [5.74, 6) is -0.884. The number of nitrogens with two attached hydrogens (primary N) is 1. The maximum atomic E-state index is 12.0. The molecule has 19 heavy (non-hydrogen) atoms. The van der Waals surface area contributed by atoms with E-state index in [-0.39, 0.29) is 17.4 Å². The summed E-state index contributed by atoms with van der Waals surface area (Å²) in [7, 11) is 0. The summed E-state index contributed by atoms with van der Waals surface area (Å²) >= 11 is 0. The molecule has 0 aliphatic carbocycles. The zero-order chi connectivity index (χ0) is 14.0. The number of hydrogen-bond donors (Lipinski definition) is 3. The topological polar surface area (TPSA) is 101 Å². The lowest BCUT2D eigenvalue weighted by molar-refractivity contribution is -0.0498. The first-order valence-corrected chi connectivity index (χ1v) is 5.11. The van der Waals surface area contributed by atoms with E-state index in [1.165, 1.54) is 24.3 Å². The third kappa shape index (κ3) is 2.79. The Hall–Kier alpha value is -2.64. The Morgan fingerprint density at radius 2 is 1.95 bits per heavy atom. The molecule has 0 bridgehead atoms. The number of halogens is 2. The molecule has 0 amide bonds. The summed E-state index contributed by atoms with van der Waals surface area (Å²) in [6.45, 7) is -2.91. The monoisotopic (exact) mass is 269 g/mol. The SMILES string of the molecule is Nc1nc(-c2ccc(OC(F)F)cc2)[nH]c(=O)c1O. The first-order valence-electron chi connectivity index (χ1n) is 5.11. The number of benzene rings is 1. The van der Waals surface area contributed by atoms with E-state index in [1.54, 1.807) is 0 Å². The zero-order valence-corrected chi connectivity index (χ0v) is 9.43. The molecule has 0 atom stereocenters. The summed E-state index contributed by atoms with van der Waals surface area (Å²) in [6.07, 6.45) is 0. The van der Waals surface area contributed by atoms with E-state index in [2.05, 4.69) is 14.7 Å². The van der Waals surface area contributed by atoms with Crippen molar-refractivity contribution in [2.75, 3.05) is 5.73 Å². The van der Waals surface area contributed by atoms with Gasteiger partial charge in [0.05, 0.1) is 0 Å². The number of hydrogen-bond acceptors (Lipinski definition) is 5. The molecule has 100 valence electrons. The van der Waals surface area contributed by atoms with Crippen LogP contribution in [0.5, 0.6) is 11.5 Å². The van der Waals surface area contributed by atoms with Crippen molar-refractivity contribution in [1.82, 2.24) is 9.97 Å². The largest absolute Gasteiger partial charge is 0.500 e. The quantitative estimate of drug-likeness (QED) is 0.780. The van der Waals surface area contributed by atoms with Gasteiger partial charge in [-0.1, -0.05) is 0 Å². The van der Waals surface area contributed by atoms with Gasteiger partial charge in [-0.2, -0.15) is 8.78 Å². The lowest BCUT2D eigenvalue weighted by Crippen LogP contribution is -2.11. The summed E-state index contributed by atoms with van der Waals surface area (Å²) in [4.78, 5) is 17.4. The fourth-order valence-electron chi connectivity index (χ4n) is 1.42. The number of aromatic amines is 1. The Bertz CT molecular complexity index is 641. The molecule has 0 fully saturated rings. The molecule has 0 radical (unpaired) electrons. The second-order valence-corrected chi connectivity index (χ2v) is 3.55.